The van der Waals surface area contributed by atoms with E-state index in [1.807, 2.05) is 0 Å². The Morgan fingerprint density at radius 2 is 1.09 bits per heavy atom. The number of esters is 2. The largest absolute Gasteiger partial charge is 0.459 e. The molecule has 0 aliphatic rings. The topological polar surface area (TPSA) is 93.1 Å². The van der Waals surface area contributed by atoms with Crippen LogP contribution in [0.15, 0.2) is 24.3 Å². The van der Waals surface area contributed by atoms with E-state index in [0.717, 1.165) is 0 Å². The number of aliphatic hydroxyl groups is 2. The van der Waals surface area contributed by atoms with Gasteiger partial charge in [0.1, 0.15) is 13.2 Å². The zero-order chi connectivity index (χ0) is 17.0. The van der Waals surface area contributed by atoms with E-state index in [1.165, 1.54) is 52.0 Å². The first-order valence-electron chi connectivity index (χ1n) is 6.87. The molecule has 0 saturated carbocycles. The summed E-state index contributed by atoms with van der Waals surface area (Å²) in [4.78, 5) is 23.5. The minimum Gasteiger partial charge on any atom is -0.459 e. The van der Waals surface area contributed by atoms with Crippen LogP contribution in [0.25, 0.3) is 0 Å². The number of hydrogen-bond acceptors (Lipinski definition) is 6. The van der Waals surface area contributed by atoms with Gasteiger partial charge in [0.15, 0.2) is 0 Å². The van der Waals surface area contributed by atoms with E-state index in [4.69, 9.17) is 9.47 Å². The number of hydrogen-bond donors (Lipinski definition) is 2. The third-order valence-electron chi connectivity index (χ3n) is 2.47. The second-order valence-electron chi connectivity index (χ2n) is 6.35. The lowest BCUT2D eigenvalue weighted by atomic mass is 10.1. The van der Waals surface area contributed by atoms with Gasteiger partial charge in [-0.2, -0.15) is 0 Å². The second-order valence-corrected chi connectivity index (χ2v) is 6.35. The van der Waals surface area contributed by atoms with Crippen LogP contribution in [0.2, 0.25) is 0 Å². The van der Waals surface area contributed by atoms with Crippen LogP contribution in [0.3, 0.4) is 0 Å². The zero-order valence-corrected chi connectivity index (χ0v) is 13.3. The molecular formula is C16H22O6. The molecule has 0 spiro atoms. The van der Waals surface area contributed by atoms with Crippen molar-refractivity contribution in [3.63, 3.8) is 0 Å². The van der Waals surface area contributed by atoms with Crippen molar-refractivity contribution in [2.24, 2.45) is 0 Å². The Labute approximate surface area is 129 Å². The lowest BCUT2D eigenvalue weighted by Gasteiger charge is -2.17. The maximum absolute atomic E-state index is 11.7. The van der Waals surface area contributed by atoms with Gasteiger partial charge in [-0.1, -0.05) is 0 Å². The van der Waals surface area contributed by atoms with Gasteiger partial charge in [-0.15, -0.1) is 0 Å². The van der Waals surface area contributed by atoms with Crippen molar-refractivity contribution in [3.8, 4) is 0 Å². The first-order valence-corrected chi connectivity index (χ1v) is 6.87. The number of rotatable bonds is 6. The molecule has 22 heavy (non-hydrogen) atoms. The number of benzene rings is 1. The summed E-state index contributed by atoms with van der Waals surface area (Å²) >= 11 is 0. The molecule has 0 amide bonds. The number of ether oxygens (including phenoxy) is 2. The Bertz CT molecular complexity index is 470. The highest BCUT2D eigenvalue weighted by Crippen LogP contribution is 2.11. The third-order valence-corrected chi connectivity index (χ3v) is 2.47. The summed E-state index contributed by atoms with van der Waals surface area (Å²) in [6, 6.07) is 5.75. The minimum absolute atomic E-state index is 0.124. The summed E-state index contributed by atoms with van der Waals surface area (Å²) in [5.41, 5.74) is -1.67. The van der Waals surface area contributed by atoms with Gasteiger partial charge in [-0.05, 0) is 52.0 Å². The smallest absolute Gasteiger partial charge is 0.338 e. The molecule has 0 unspecified atom stereocenters. The van der Waals surface area contributed by atoms with Crippen LogP contribution < -0.4 is 0 Å². The van der Waals surface area contributed by atoms with Crippen molar-refractivity contribution in [1.82, 2.24) is 0 Å². The van der Waals surface area contributed by atoms with E-state index < -0.39 is 23.1 Å². The average molecular weight is 310 g/mol. The Kier molecular flexibility index (Phi) is 5.68. The highest BCUT2D eigenvalue weighted by molar-refractivity contribution is 5.93. The second kappa shape index (κ2) is 6.89. The molecule has 0 aliphatic heterocycles. The molecule has 0 heterocycles. The van der Waals surface area contributed by atoms with E-state index >= 15 is 0 Å². The van der Waals surface area contributed by atoms with Crippen molar-refractivity contribution in [2.75, 3.05) is 13.2 Å². The van der Waals surface area contributed by atoms with Crippen LogP contribution in [0.1, 0.15) is 48.4 Å². The minimum atomic E-state index is -1.10. The summed E-state index contributed by atoms with van der Waals surface area (Å²) in [5.74, 6) is -1.17. The van der Waals surface area contributed by atoms with Gasteiger partial charge < -0.3 is 19.7 Å². The van der Waals surface area contributed by atoms with Gasteiger partial charge >= 0.3 is 11.9 Å². The fourth-order valence-electron chi connectivity index (χ4n) is 1.39. The van der Waals surface area contributed by atoms with E-state index in [-0.39, 0.29) is 24.3 Å². The third kappa shape index (κ3) is 6.69. The molecule has 0 saturated heterocycles. The molecule has 0 radical (unpaired) electrons. The van der Waals surface area contributed by atoms with Crippen LogP contribution in [0.5, 0.6) is 0 Å². The van der Waals surface area contributed by atoms with E-state index in [0.29, 0.717) is 0 Å². The lowest BCUT2D eigenvalue weighted by molar-refractivity contribution is -0.0103. The molecule has 2 N–H and O–H groups in total. The van der Waals surface area contributed by atoms with E-state index in [1.54, 1.807) is 0 Å². The van der Waals surface area contributed by atoms with Crippen LogP contribution in [-0.4, -0.2) is 46.6 Å². The molecule has 0 aromatic heterocycles. The number of carbonyl (C=O) groups excluding carboxylic acids is 2. The first kappa shape index (κ1) is 18.1. The van der Waals surface area contributed by atoms with Gasteiger partial charge in [-0.25, -0.2) is 9.59 Å². The molecule has 1 aromatic carbocycles. The maximum atomic E-state index is 11.7. The average Bonchev–Trinajstić information content (AvgIpc) is 2.40. The molecule has 122 valence electrons. The van der Waals surface area contributed by atoms with Crippen LogP contribution in [0.4, 0.5) is 0 Å². The molecule has 6 nitrogen and oxygen atoms in total. The van der Waals surface area contributed by atoms with Crippen molar-refractivity contribution >= 4 is 11.9 Å². The van der Waals surface area contributed by atoms with E-state index in [9.17, 15) is 19.8 Å². The van der Waals surface area contributed by atoms with Gasteiger partial charge in [-0.3, -0.25) is 0 Å². The zero-order valence-electron chi connectivity index (χ0n) is 13.3. The van der Waals surface area contributed by atoms with Gasteiger partial charge in [0, 0.05) is 0 Å². The number of carbonyl (C=O) groups is 2. The van der Waals surface area contributed by atoms with E-state index in [2.05, 4.69) is 0 Å². The predicted octanol–water partition coefficient (Wildman–Crippen LogP) is 1.54. The molecule has 0 fully saturated rings. The van der Waals surface area contributed by atoms with Crippen LogP contribution in [0, 0.1) is 0 Å². The molecule has 6 heteroatoms. The molecular weight excluding hydrogens is 288 g/mol. The fraction of sp³-hybridized carbons (Fsp3) is 0.500. The van der Waals surface area contributed by atoms with Gasteiger partial charge in [0.05, 0.1) is 22.3 Å². The summed E-state index contributed by atoms with van der Waals surface area (Å²) in [6.45, 7) is 5.87. The highest BCUT2D eigenvalue weighted by Gasteiger charge is 2.19. The van der Waals surface area contributed by atoms with Crippen molar-refractivity contribution in [3.05, 3.63) is 35.4 Å². The molecule has 0 atom stereocenters. The van der Waals surface area contributed by atoms with Crippen LogP contribution in [-0.2, 0) is 9.47 Å². The summed E-state index contributed by atoms with van der Waals surface area (Å²) in [5, 5.41) is 19.0. The monoisotopic (exact) mass is 310 g/mol. The maximum Gasteiger partial charge on any atom is 0.338 e. The lowest BCUT2D eigenvalue weighted by Crippen LogP contribution is -2.28. The fourth-order valence-corrected chi connectivity index (χ4v) is 1.39. The summed E-state index contributed by atoms with van der Waals surface area (Å²) in [6.07, 6.45) is 0. The normalized spacial score (nSPS) is 11.9. The van der Waals surface area contributed by atoms with Crippen molar-refractivity contribution < 1.29 is 29.3 Å². The Hall–Kier alpha value is -1.92. The van der Waals surface area contributed by atoms with Gasteiger partial charge in [0.2, 0.25) is 0 Å². The Morgan fingerprint density at radius 1 is 0.818 bits per heavy atom. The summed E-state index contributed by atoms with van der Waals surface area (Å²) < 4.78 is 9.89. The Morgan fingerprint density at radius 3 is 1.32 bits per heavy atom. The van der Waals surface area contributed by atoms with Gasteiger partial charge in [0.25, 0.3) is 0 Å². The Balaban J connectivity index is 2.62. The standard InChI is InChI=1S/C16H22O6/c1-15(2,19)9-21-13(17)11-5-7-12(8-6-11)14(18)22-10-16(3,4)20/h5-8,19-20H,9-10H2,1-4H3. The summed E-state index contributed by atoms with van der Waals surface area (Å²) in [7, 11) is 0. The van der Waals surface area contributed by atoms with Crippen LogP contribution >= 0.6 is 0 Å². The molecule has 1 rings (SSSR count). The molecule has 0 bridgehead atoms. The SMILES string of the molecule is CC(C)(O)COC(=O)c1ccc(C(=O)OCC(C)(C)O)cc1. The molecule has 1 aromatic rings. The quantitative estimate of drug-likeness (QED) is 0.774. The first-order chi connectivity index (χ1) is 9.98. The van der Waals surface area contributed by atoms with Crippen molar-refractivity contribution in [2.45, 2.75) is 38.9 Å². The molecule has 0 aliphatic carbocycles. The highest BCUT2D eigenvalue weighted by atomic mass is 16.5. The predicted molar refractivity (Wildman–Crippen MR) is 79.6 cm³/mol. The van der Waals surface area contributed by atoms with Crippen molar-refractivity contribution in [1.29, 1.82) is 0 Å².